The topological polar surface area (TPSA) is 40.5 Å². The van der Waals surface area contributed by atoms with Crippen LogP contribution >= 0.6 is 0 Å². The fourth-order valence-electron chi connectivity index (χ4n) is 0.657. The van der Waals surface area contributed by atoms with Crippen molar-refractivity contribution in [1.82, 2.24) is 4.90 Å². The van der Waals surface area contributed by atoms with Crippen LogP contribution in [0.4, 0.5) is 0 Å². The Morgan fingerprint density at radius 1 is 1.58 bits per heavy atom. The minimum Gasteiger partial charge on any atom is -0.478 e. The first-order valence-electron chi connectivity index (χ1n) is 3.73. The molecule has 0 aliphatic rings. The van der Waals surface area contributed by atoms with Crippen LogP contribution in [0.25, 0.3) is 0 Å². The Morgan fingerprint density at radius 3 is 2.25 bits per heavy atom. The Hall–Kier alpha value is -0.830. The number of rotatable bonds is 3. The van der Waals surface area contributed by atoms with Gasteiger partial charge in [-0.3, -0.25) is 0 Å². The van der Waals surface area contributed by atoms with Crippen molar-refractivity contribution in [1.29, 1.82) is 0 Å². The molecule has 1 atom stereocenters. The second-order valence-electron chi connectivity index (χ2n) is 3.38. The average molecular weight is 170 g/mol. The normalized spacial score (nSPS) is 13.7. The molecule has 0 bridgehead atoms. The number of nitrogens with zero attached hydrogens (tertiary/aromatic N) is 1. The summed E-state index contributed by atoms with van der Waals surface area (Å²) < 4.78 is 0. The predicted octanol–water partition coefficient (Wildman–Crippen LogP) is 1.17. The molecule has 1 radical (unpaired) electrons. The van der Waals surface area contributed by atoms with Crippen LogP contribution in [-0.4, -0.2) is 35.6 Å². The standard InChI is InChI=1S/C9H16NO2/c1-7(8(11)12)6-9(2,3)10(4)5/h6H,2H2,1,3-5H3,(H,11,12). The van der Waals surface area contributed by atoms with Crippen molar-refractivity contribution in [2.75, 3.05) is 14.1 Å². The van der Waals surface area contributed by atoms with Gasteiger partial charge in [-0.25, -0.2) is 4.79 Å². The van der Waals surface area contributed by atoms with Crippen LogP contribution in [0.5, 0.6) is 0 Å². The molecule has 0 rings (SSSR count). The molecule has 0 fully saturated rings. The second kappa shape index (κ2) is 3.72. The van der Waals surface area contributed by atoms with Gasteiger partial charge in [-0.15, -0.1) is 0 Å². The summed E-state index contributed by atoms with van der Waals surface area (Å²) in [6, 6.07) is 0. The van der Waals surface area contributed by atoms with E-state index in [2.05, 4.69) is 6.92 Å². The molecule has 0 spiro atoms. The molecule has 3 nitrogen and oxygen atoms in total. The number of carboxylic acids is 1. The van der Waals surface area contributed by atoms with Crippen molar-refractivity contribution in [2.45, 2.75) is 19.4 Å². The number of carbonyl (C=O) groups is 1. The summed E-state index contributed by atoms with van der Waals surface area (Å²) in [5, 5.41) is 8.61. The van der Waals surface area contributed by atoms with E-state index in [1.165, 1.54) is 0 Å². The molecule has 0 aliphatic carbocycles. The molecule has 0 amide bonds. The molecule has 69 valence electrons. The molecule has 3 heteroatoms. The number of hydrogen-bond acceptors (Lipinski definition) is 2. The summed E-state index contributed by atoms with van der Waals surface area (Å²) in [6.45, 7) is 7.30. The van der Waals surface area contributed by atoms with E-state index in [0.717, 1.165) is 0 Å². The Morgan fingerprint density at radius 2 is 2.00 bits per heavy atom. The summed E-state index contributed by atoms with van der Waals surface area (Å²) in [4.78, 5) is 12.3. The summed E-state index contributed by atoms with van der Waals surface area (Å²) in [6.07, 6.45) is 1.63. The van der Waals surface area contributed by atoms with E-state index < -0.39 is 11.5 Å². The van der Waals surface area contributed by atoms with Gasteiger partial charge in [-0.1, -0.05) is 6.08 Å². The van der Waals surface area contributed by atoms with Crippen molar-refractivity contribution in [3.8, 4) is 0 Å². The maximum Gasteiger partial charge on any atom is 0.331 e. The van der Waals surface area contributed by atoms with Gasteiger partial charge in [-0.05, 0) is 34.9 Å². The van der Waals surface area contributed by atoms with E-state index in [4.69, 9.17) is 5.11 Å². The lowest BCUT2D eigenvalue weighted by Crippen LogP contribution is -2.36. The van der Waals surface area contributed by atoms with Gasteiger partial charge in [-0.2, -0.15) is 0 Å². The van der Waals surface area contributed by atoms with Crippen LogP contribution in [0.3, 0.4) is 0 Å². The largest absolute Gasteiger partial charge is 0.478 e. The molecule has 1 unspecified atom stereocenters. The highest BCUT2D eigenvalue weighted by molar-refractivity contribution is 5.86. The molecular formula is C9H16NO2. The third-order valence-electron chi connectivity index (χ3n) is 1.89. The Labute approximate surface area is 73.7 Å². The van der Waals surface area contributed by atoms with Crippen molar-refractivity contribution >= 4 is 5.97 Å². The highest BCUT2D eigenvalue weighted by Gasteiger charge is 2.18. The van der Waals surface area contributed by atoms with Gasteiger partial charge >= 0.3 is 5.97 Å². The van der Waals surface area contributed by atoms with Gasteiger partial charge in [0.2, 0.25) is 0 Å². The molecule has 0 aliphatic heterocycles. The average Bonchev–Trinajstić information content (AvgIpc) is 1.85. The van der Waals surface area contributed by atoms with Gasteiger partial charge in [0, 0.05) is 11.1 Å². The lowest BCUT2D eigenvalue weighted by molar-refractivity contribution is -0.132. The molecule has 12 heavy (non-hydrogen) atoms. The zero-order chi connectivity index (χ0) is 9.94. The lowest BCUT2D eigenvalue weighted by atomic mass is 10.0. The molecule has 0 saturated heterocycles. The minimum atomic E-state index is -0.897. The van der Waals surface area contributed by atoms with Crippen molar-refractivity contribution in [3.63, 3.8) is 0 Å². The molecule has 0 aromatic heterocycles. The highest BCUT2D eigenvalue weighted by atomic mass is 16.4. The number of carboxylic acid groups (broad SMARTS) is 1. The fourth-order valence-corrected chi connectivity index (χ4v) is 0.657. The Balaban J connectivity index is 4.61. The summed E-state index contributed by atoms with van der Waals surface area (Å²) in [5.74, 6) is -0.897. The van der Waals surface area contributed by atoms with Gasteiger partial charge in [0.25, 0.3) is 0 Å². The van der Waals surface area contributed by atoms with Crippen LogP contribution in [0.15, 0.2) is 11.6 Å². The Kier molecular flexibility index (Phi) is 3.46. The molecule has 0 aromatic carbocycles. The maximum absolute atomic E-state index is 10.5. The van der Waals surface area contributed by atoms with Crippen LogP contribution in [0.2, 0.25) is 0 Å². The zero-order valence-corrected chi connectivity index (χ0v) is 8.09. The molecule has 0 heterocycles. The first kappa shape index (κ1) is 11.2. The smallest absolute Gasteiger partial charge is 0.331 e. The van der Waals surface area contributed by atoms with E-state index in [1.807, 2.05) is 25.9 Å². The second-order valence-corrected chi connectivity index (χ2v) is 3.38. The molecular weight excluding hydrogens is 154 g/mol. The zero-order valence-electron chi connectivity index (χ0n) is 8.09. The fraction of sp³-hybridized carbons (Fsp3) is 0.556. The van der Waals surface area contributed by atoms with Crippen LogP contribution in [0.1, 0.15) is 13.8 Å². The van der Waals surface area contributed by atoms with Gasteiger partial charge < -0.3 is 10.0 Å². The summed E-state index contributed by atoms with van der Waals surface area (Å²) >= 11 is 0. The third-order valence-corrected chi connectivity index (χ3v) is 1.89. The molecule has 0 saturated carbocycles. The van der Waals surface area contributed by atoms with Crippen molar-refractivity contribution < 1.29 is 9.90 Å². The summed E-state index contributed by atoms with van der Waals surface area (Å²) in [5.41, 5.74) is -0.135. The third kappa shape index (κ3) is 3.05. The predicted molar refractivity (Wildman–Crippen MR) is 48.8 cm³/mol. The van der Waals surface area contributed by atoms with E-state index in [1.54, 1.807) is 13.0 Å². The van der Waals surface area contributed by atoms with Gasteiger partial charge in [0.05, 0.1) is 0 Å². The van der Waals surface area contributed by atoms with Crippen LogP contribution < -0.4 is 0 Å². The first-order valence-corrected chi connectivity index (χ1v) is 3.73. The molecule has 0 aromatic rings. The van der Waals surface area contributed by atoms with Gasteiger partial charge in [0.1, 0.15) is 0 Å². The van der Waals surface area contributed by atoms with Gasteiger partial charge in [0.15, 0.2) is 0 Å². The quantitative estimate of drug-likeness (QED) is 0.646. The van der Waals surface area contributed by atoms with Crippen molar-refractivity contribution in [3.05, 3.63) is 18.6 Å². The SMILES string of the molecule is [CH2]C(C)(C=C(C)C(=O)O)N(C)C. The van der Waals surface area contributed by atoms with Crippen LogP contribution in [0, 0.1) is 6.92 Å². The number of hydrogen-bond donors (Lipinski definition) is 1. The number of aliphatic carboxylic acids is 1. The van der Waals surface area contributed by atoms with E-state index in [0.29, 0.717) is 5.57 Å². The van der Waals surface area contributed by atoms with E-state index >= 15 is 0 Å². The maximum atomic E-state index is 10.5. The monoisotopic (exact) mass is 170 g/mol. The molecule has 1 N–H and O–H groups in total. The van der Waals surface area contributed by atoms with Crippen molar-refractivity contribution in [2.24, 2.45) is 0 Å². The van der Waals surface area contributed by atoms with Crippen LogP contribution in [-0.2, 0) is 4.79 Å². The highest BCUT2D eigenvalue weighted by Crippen LogP contribution is 2.13. The summed E-state index contributed by atoms with van der Waals surface area (Å²) in [7, 11) is 3.72. The minimum absolute atomic E-state index is 0.321. The lowest BCUT2D eigenvalue weighted by Gasteiger charge is -2.29. The Bertz CT molecular complexity index is 205. The van der Waals surface area contributed by atoms with E-state index in [-0.39, 0.29) is 0 Å². The first-order chi connectivity index (χ1) is 5.27. The number of likely N-dealkylation sites (N-methyl/N-ethyl adjacent to an activating group) is 1. The van der Waals surface area contributed by atoms with E-state index in [9.17, 15) is 4.79 Å².